The van der Waals surface area contributed by atoms with E-state index in [9.17, 15) is 4.91 Å². The molecule has 0 aliphatic carbocycles. The van der Waals surface area contributed by atoms with Crippen LogP contribution in [0, 0.1) is 16.2 Å². The van der Waals surface area contributed by atoms with Crippen molar-refractivity contribution in [2.24, 2.45) is 16.5 Å². The summed E-state index contributed by atoms with van der Waals surface area (Å²) in [6.45, 7) is 8.40. The summed E-state index contributed by atoms with van der Waals surface area (Å²) in [5.74, 6) is 0.508. The fraction of sp³-hybridized carbons (Fsp3) is 1.00. The lowest BCUT2D eigenvalue weighted by Crippen LogP contribution is -2.29. The molecule has 0 bridgehead atoms. The first kappa shape index (κ1) is 12.6. The van der Waals surface area contributed by atoms with Crippen LogP contribution in [-0.2, 0) is 0 Å². The van der Waals surface area contributed by atoms with Crippen LogP contribution in [0.2, 0.25) is 0 Å². The molecule has 0 heterocycles. The Morgan fingerprint density at radius 2 is 2.00 bits per heavy atom. The van der Waals surface area contributed by atoms with E-state index < -0.39 is 6.04 Å². The molecule has 3 nitrogen and oxygen atoms in total. The molecule has 0 radical (unpaired) electrons. The van der Waals surface area contributed by atoms with Crippen LogP contribution in [0.1, 0.15) is 40.5 Å². The Kier molecular flexibility index (Phi) is 5.14. The van der Waals surface area contributed by atoms with Crippen LogP contribution in [0.5, 0.6) is 0 Å². The topological polar surface area (TPSA) is 49.7 Å². The minimum Gasteiger partial charge on any atom is -0.394 e. The normalized spacial score (nSPS) is 18.3. The van der Waals surface area contributed by atoms with Gasteiger partial charge in [0.05, 0.1) is 6.61 Å². The fourth-order valence-electron chi connectivity index (χ4n) is 1.46. The second-order valence-corrected chi connectivity index (χ2v) is 4.31. The van der Waals surface area contributed by atoms with Gasteiger partial charge in [0, 0.05) is 0 Å². The lowest BCUT2D eigenvalue weighted by molar-refractivity contribution is 0.148. The molecule has 2 unspecified atom stereocenters. The maximum Gasteiger partial charge on any atom is 0.115 e. The zero-order valence-corrected chi connectivity index (χ0v) is 9.08. The SMILES string of the molecule is CCC(C)(CC(CO)N=O)C(C)C. The first-order chi connectivity index (χ1) is 6.00. The Hall–Kier alpha value is -0.440. The number of rotatable bonds is 6. The molecule has 2 atom stereocenters. The zero-order valence-electron chi connectivity index (χ0n) is 9.08. The molecule has 0 saturated heterocycles. The Morgan fingerprint density at radius 1 is 1.46 bits per heavy atom. The van der Waals surface area contributed by atoms with E-state index in [1.807, 2.05) is 0 Å². The van der Waals surface area contributed by atoms with Crippen molar-refractivity contribution in [1.82, 2.24) is 0 Å². The van der Waals surface area contributed by atoms with Crippen molar-refractivity contribution >= 4 is 0 Å². The van der Waals surface area contributed by atoms with Gasteiger partial charge in [-0.05, 0) is 17.8 Å². The van der Waals surface area contributed by atoms with E-state index in [-0.39, 0.29) is 12.0 Å². The van der Waals surface area contributed by atoms with Crippen LogP contribution in [0.15, 0.2) is 5.18 Å². The minimum atomic E-state index is -0.438. The zero-order chi connectivity index (χ0) is 10.5. The second kappa shape index (κ2) is 5.32. The van der Waals surface area contributed by atoms with Gasteiger partial charge in [0.15, 0.2) is 0 Å². The summed E-state index contributed by atoms with van der Waals surface area (Å²) in [6.07, 6.45) is 1.69. The number of aliphatic hydroxyl groups is 1. The summed E-state index contributed by atoms with van der Waals surface area (Å²) in [6, 6.07) is -0.438. The predicted molar refractivity (Wildman–Crippen MR) is 54.5 cm³/mol. The summed E-state index contributed by atoms with van der Waals surface area (Å²) in [5, 5.41) is 11.8. The largest absolute Gasteiger partial charge is 0.394 e. The van der Waals surface area contributed by atoms with Crippen LogP contribution < -0.4 is 0 Å². The van der Waals surface area contributed by atoms with Crippen molar-refractivity contribution in [3.8, 4) is 0 Å². The Morgan fingerprint density at radius 3 is 2.23 bits per heavy atom. The smallest absolute Gasteiger partial charge is 0.115 e. The molecule has 0 aliphatic heterocycles. The molecule has 0 rings (SSSR count). The van der Waals surface area contributed by atoms with E-state index in [1.165, 1.54) is 0 Å². The van der Waals surface area contributed by atoms with Crippen LogP contribution in [0.3, 0.4) is 0 Å². The van der Waals surface area contributed by atoms with Crippen molar-refractivity contribution in [2.75, 3.05) is 6.61 Å². The molecule has 78 valence electrons. The molecule has 0 amide bonds. The standard InChI is InChI=1S/C10H21NO2/c1-5-10(4,8(2)3)6-9(7-12)11-13/h8-9,12H,5-7H2,1-4H3. The first-order valence-corrected chi connectivity index (χ1v) is 4.93. The van der Waals surface area contributed by atoms with Crippen molar-refractivity contribution < 1.29 is 5.11 Å². The molecule has 0 aromatic heterocycles. The second-order valence-electron chi connectivity index (χ2n) is 4.31. The van der Waals surface area contributed by atoms with Gasteiger partial charge in [-0.15, -0.1) is 0 Å². The highest BCUT2D eigenvalue weighted by Crippen LogP contribution is 2.36. The van der Waals surface area contributed by atoms with Gasteiger partial charge in [-0.25, -0.2) is 0 Å². The van der Waals surface area contributed by atoms with Gasteiger partial charge in [-0.2, -0.15) is 4.91 Å². The van der Waals surface area contributed by atoms with Gasteiger partial charge in [0.1, 0.15) is 6.04 Å². The Labute approximate surface area is 80.5 Å². The quantitative estimate of drug-likeness (QED) is 0.650. The van der Waals surface area contributed by atoms with Gasteiger partial charge < -0.3 is 5.11 Å². The molecule has 0 saturated carbocycles. The van der Waals surface area contributed by atoms with Crippen LogP contribution in [-0.4, -0.2) is 17.8 Å². The minimum absolute atomic E-state index is 0.112. The number of nitroso groups, excluding NO2 is 1. The monoisotopic (exact) mass is 187 g/mol. The Bertz CT molecular complexity index is 159. The van der Waals surface area contributed by atoms with E-state index in [0.29, 0.717) is 12.3 Å². The number of hydrogen-bond donors (Lipinski definition) is 1. The number of aliphatic hydroxyl groups excluding tert-OH is 1. The molecule has 0 fully saturated rings. The molecule has 0 aromatic rings. The maximum atomic E-state index is 10.3. The van der Waals surface area contributed by atoms with Crippen molar-refractivity contribution in [2.45, 2.75) is 46.6 Å². The summed E-state index contributed by atoms with van der Waals surface area (Å²) in [5.41, 5.74) is 0.112. The number of hydrogen-bond acceptors (Lipinski definition) is 3. The van der Waals surface area contributed by atoms with Crippen LogP contribution >= 0.6 is 0 Å². The lowest BCUT2D eigenvalue weighted by Gasteiger charge is -2.33. The van der Waals surface area contributed by atoms with Gasteiger partial charge in [-0.1, -0.05) is 39.3 Å². The molecule has 1 N–H and O–H groups in total. The van der Waals surface area contributed by atoms with Crippen LogP contribution in [0.25, 0.3) is 0 Å². The fourth-order valence-corrected chi connectivity index (χ4v) is 1.46. The lowest BCUT2D eigenvalue weighted by atomic mass is 9.72. The highest BCUT2D eigenvalue weighted by atomic mass is 16.3. The molecule has 0 aliphatic rings. The van der Waals surface area contributed by atoms with E-state index in [0.717, 1.165) is 6.42 Å². The highest BCUT2D eigenvalue weighted by molar-refractivity contribution is 4.82. The predicted octanol–water partition coefficient (Wildman–Crippen LogP) is 2.58. The van der Waals surface area contributed by atoms with Gasteiger partial charge in [0.25, 0.3) is 0 Å². The summed E-state index contributed by atoms with van der Waals surface area (Å²) >= 11 is 0. The number of nitrogens with zero attached hydrogens (tertiary/aromatic N) is 1. The van der Waals surface area contributed by atoms with Gasteiger partial charge in [0.2, 0.25) is 0 Å². The average Bonchev–Trinajstić information content (AvgIpc) is 2.13. The Balaban J connectivity index is 4.33. The van der Waals surface area contributed by atoms with E-state index >= 15 is 0 Å². The van der Waals surface area contributed by atoms with Crippen molar-refractivity contribution in [3.05, 3.63) is 4.91 Å². The van der Waals surface area contributed by atoms with Crippen molar-refractivity contribution in [1.29, 1.82) is 0 Å². The van der Waals surface area contributed by atoms with Crippen LogP contribution in [0.4, 0.5) is 0 Å². The van der Waals surface area contributed by atoms with Crippen molar-refractivity contribution in [3.63, 3.8) is 0 Å². The third kappa shape index (κ3) is 3.43. The van der Waals surface area contributed by atoms with Gasteiger partial charge >= 0.3 is 0 Å². The average molecular weight is 187 g/mol. The summed E-state index contributed by atoms with van der Waals surface area (Å²) < 4.78 is 0. The van der Waals surface area contributed by atoms with Gasteiger partial charge in [-0.3, -0.25) is 0 Å². The summed E-state index contributed by atoms with van der Waals surface area (Å²) in [7, 11) is 0. The molecular weight excluding hydrogens is 166 g/mol. The molecular formula is C10H21NO2. The molecule has 13 heavy (non-hydrogen) atoms. The van der Waals surface area contributed by atoms with E-state index in [4.69, 9.17) is 5.11 Å². The molecule has 0 spiro atoms. The maximum absolute atomic E-state index is 10.3. The third-order valence-electron chi connectivity index (χ3n) is 3.26. The summed E-state index contributed by atoms with van der Waals surface area (Å²) in [4.78, 5) is 10.3. The highest BCUT2D eigenvalue weighted by Gasteiger charge is 2.29. The van der Waals surface area contributed by atoms with E-state index in [2.05, 4.69) is 32.9 Å². The molecule has 0 aromatic carbocycles. The molecule has 3 heteroatoms. The first-order valence-electron chi connectivity index (χ1n) is 4.93. The van der Waals surface area contributed by atoms with E-state index in [1.54, 1.807) is 0 Å². The third-order valence-corrected chi connectivity index (χ3v) is 3.26.